The molecule has 0 N–H and O–H groups in total. The van der Waals surface area contributed by atoms with Gasteiger partial charge in [0.25, 0.3) is 0 Å². The Kier molecular flexibility index (Phi) is 15.9. The van der Waals surface area contributed by atoms with Crippen LogP contribution < -0.4 is 0 Å². The van der Waals surface area contributed by atoms with Gasteiger partial charge in [0.15, 0.2) is 0 Å². The van der Waals surface area contributed by atoms with Crippen molar-refractivity contribution in [3.05, 3.63) is 17.9 Å². The third-order valence-electron chi connectivity index (χ3n) is 3.05. The Bertz CT molecular complexity index is 281. The average molecular weight is 298 g/mol. The van der Waals surface area contributed by atoms with Crippen molar-refractivity contribution >= 4 is 17.7 Å². The number of carbonyl (C=O) groups is 1. The topological polar surface area (TPSA) is 26.3 Å². The van der Waals surface area contributed by atoms with E-state index in [0.29, 0.717) is 12.8 Å². The number of methoxy groups -OCH3 is 1. The summed E-state index contributed by atoms with van der Waals surface area (Å²) >= 11 is 1.96. The Balaban J connectivity index is 3.22. The molecule has 0 heterocycles. The molecule has 0 unspecified atom stereocenters. The molecule has 0 saturated carbocycles. The molecule has 2 nitrogen and oxygen atoms in total. The summed E-state index contributed by atoms with van der Waals surface area (Å²) in [6.45, 7) is 2.26. The van der Waals surface area contributed by atoms with Crippen molar-refractivity contribution in [3.8, 4) is 0 Å². The predicted octanol–water partition coefficient (Wildman–Crippen LogP) is 5.13. The highest BCUT2D eigenvalue weighted by atomic mass is 32.2. The second-order valence-corrected chi connectivity index (χ2v) is 6.04. The zero-order chi connectivity index (χ0) is 14.9. The molecule has 20 heavy (non-hydrogen) atoms. The zero-order valence-corrected chi connectivity index (χ0v) is 14.0. The molecule has 0 saturated heterocycles. The molecule has 0 aromatic heterocycles. The minimum Gasteiger partial charge on any atom is -0.469 e. The smallest absolute Gasteiger partial charge is 0.305 e. The van der Waals surface area contributed by atoms with Crippen molar-refractivity contribution in [1.82, 2.24) is 0 Å². The number of thioether (sulfide) groups is 1. The lowest BCUT2D eigenvalue weighted by molar-refractivity contribution is -0.140. The van der Waals surface area contributed by atoms with Crippen molar-refractivity contribution < 1.29 is 9.53 Å². The van der Waals surface area contributed by atoms with Crippen LogP contribution in [-0.4, -0.2) is 24.6 Å². The largest absolute Gasteiger partial charge is 0.469 e. The van der Waals surface area contributed by atoms with Gasteiger partial charge in [0.1, 0.15) is 0 Å². The monoisotopic (exact) mass is 298 g/mol. The summed E-state index contributed by atoms with van der Waals surface area (Å²) in [6, 6.07) is 0. The van der Waals surface area contributed by atoms with E-state index in [1.54, 1.807) is 0 Å². The van der Waals surface area contributed by atoms with Crippen LogP contribution in [0.15, 0.2) is 17.9 Å². The Morgan fingerprint density at radius 2 is 1.80 bits per heavy atom. The molecule has 116 valence electrons. The van der Waals surface area contributed by atoms with Crippen LogP contribution in [0.4, 0.5) is 0 Å². The third kappa shape index (κ3) is 15.4. The van der Waals surface area contributed by atoms with E-state index in [9.17, 15) is 4.79 Å². The van der Waals surface area contributed by atoms with Crippen LogP contribution in [0.25, 0.3) is 0 Å². The maximum absolute atomic E-state index is 10.8. The molecule has 0 radical (unpaired) electrons. The third-order valence-corrected chi connectivity index (χ3v) is 4.03. The van der Waals surface area contributed by atoms with Gasteiger partial charge in [-0.15, -0.1) is 5.73 Å². The first-order valence-corrected chi connectivity index (χ1v) is 9.00. The van der Waals surface area contributed by atoms with E-state index in [1.807, 2.05) is 23.9 Å². The van der Waals surface area contributed by atoms with E-state index < -0.39 is 0 Å². The summed E-state index contributed by atoms with van der Waals surface area (Å²) in [4.78, 5) is 10.8. The fourth-order valence-corrected chi connectivity index (χ4v) is 2.60. The number of ether oxygens (including phenoxy) is 1. The normalized spacial score (nSPS) is 9.90. The number of hydrogen-bond donors (Lipinski definition) is 0. The van der Waals surface area contributed by atoms with Crippen molar-refractivity contribution in [2.45, 2.75) is 64.7 Å². The first-order valence-electron chi connectivity index (χ1n) is 7.85. The zero-order valence-electron chi connectivity index (χ0n) is 13.2. The minimum atomic E-state index is -0.156. The molecule has 0 atom stereocenters. The van der Waals surface area contributed by atoms with E-state index in [0.717, 1.165) is 5.75 Å². The van der Waals surface area contributed by atoms with Crippen LogP contribution in [0.2, 0.25) is 0 Å². The van der Waals surface area contributed by atoms with Crippen LogP contribution in [0.1, 0.15) is 64.7 Å². The Morgan fingerprint density at radius 1 is 1.10 bits per heavy atom. The first kappa shape index (κ1) is 19.3. The molecule has 0 amide bonds. The summed E-state index contributed by atoms with van der Waals surface area (Å²) in [5, 5.41) is 0. The van der Waals surface area contributed by atoms with E-state index in [2.05, 4.69) is 17.4 Å². The SMILES string of the molecule is CCCCCCCCCSCC=C=CCCC(=O)OC. The average Bonchev–Trinajstić information content (AvgIpc) is 2.47. The molecule has 0 aromatic carbocycles. The molecule has 3 heteroatoms. The van der Waals surface area contributed by atoms with Crippen LogP contribution in [-0.2, 0) is 9.53 Å². The van der Waals surface area contributed by atoms with Crippen LogP contribution in [0.5, 0.6) is 0 Å². The van der Waals surface area contributed by atoms with Gasteiger partial charge in [-0.3, -0.25) is 4.79 Å². The highest BCUT2D eigenvalue weighted by Gasteiger charge is 1.95. The minimum absolute atomic E-state index is 0.156. The van der Waals surface area contributed by atoms with Gasteiger partial charge in [-0.25, -0.2) is 0 Å². The lowest BCUT2D eigenvalue weighted by Gasteiger charge is -2.00. The van der Waals surface area contributed by atoms with E-state index in [1.165, 1.54) is 57.8 Å². The van der Waals surface area contributed by atoms with Crippen LogP contribution in [0.3, 0.4) is 0 Å². The van der Waals surface area contributed by atoms with Crippen LogP contribution in [0, 0.1) is 0 Å². The van der Waals surface area contributed by atoms with Gasteiger partial charge in [0.05, 0.1) is 7.11 Å². The van der Waals surface area contributed by atoms with E-state index in [4.69, 9.17) is 0 Å². The second-order valence-electron chi connectivity index (χ2n) is 4.89. The summed E-state index contributed by atoms with van der Waals surface area (Å²) < 4.78 is 4.56. The molecule has 0 rings (SSSR count). The fourth-order valence-electron chi connectivity index (χ4n) is 1.81. The molecule has 0 aliphatic heterocycles. The Labute approximate surface area is 129 Å². The number of unbranched alkanes of at least 4 members (excludes halogenated alkanes) is 6. The Morgan fingerprint density at radius 3 is 2.50 bits per heavy atom. The molecule has 0 aliphatic carbocycles. The quantitative estimate of drug-likeness (QED) is 0.268. The van der Waals surface area contributed by atoms with Gasteiger partial charge >= 0.3 is 5.97 Å². The van der Waals surface area contributed by atoms with Gasteiger partial charge in [0.2, 0.25) is 0 Å². The van der Waals surface area contributed by atoms with Gasteiger partial charge in [-0.2, -0.15) is 11.8 Å². The summed E-state index contributed by atoms with van der Waals surface area (Å²) in [6.07, 6.45) is 14.7. The lowest BCUT2D eigenvalue weighted by Crippen LogP contribution is -1.97. The summed E-state index contributed by atoms with van der Waals surface area (Å²) in [5.74, 6) is 2.11. The highest BCUT2D eigenvalue weighted by molar-refractivity contribution is 7.99. The first-order chi connectivity index (χ1) is 9.81. The number of carbonyl (C=O) groups excluding carboxylic acids is 1. The number of hydrogen-bond acceptors (Lipinski definition) is 3. The molecular weight excluding hydrogens is 268 g/mol. The number of rotatable bonds is 13. The summed E-state index contributed by atoms with van der Waals surface area (Å²) in [5.41, 5.74) is 3.11. The van der Waals surface area contributed by atoms with Crippen molar-refractivity contribution in [2.75, 3.05) is 18.6 Å². The van der Waals surface area contributed by atoms with Crippen LogP contribution >= 0.6 is 11.8 Å². The predicted molar refractivity (Wildman–Crippen MR) is 89.2 cm³/mol. The van der Waals surface area contributed by atoms with Gasteiger partial charge in [-0.1, -0.05) is 45.4 Å². The van der Waals surface area contributed by atoms with Crippen molar-refractivity contribution in [1.29, 1.82) is 0 Å². The molecule has 0 aromatic rings. The highest BCUT2D eigenvalue weighted by Crippen LogP contribution is 2.10. The summed E-state index contributed by atoms with van der Waals surface area (Å²) in [7, 11) is 1.42. The standard InChI is InChI=1S/C17H30O2S/c1-3-4-5-6-7-9-12-15-20-16-13-10-8-11-14-17(18)19-2/h8,13H,3-7,9,11-12,14-16H2,1-2H3. The molecule has 0 aliphatic rings. The Hall–Kier alpha value is -0.660. The maximum Gasteiger partial charge on any atom is 0.305 e. The molecular formula is C17H30O2S. The van der Waals surface area contributed by atoms with Crippen molar-refractivity contribution in [3.63, 3.8) is 0 Å². The van der Waals surface area contributed by atoms with Crippen molar-refractivity contribution in [2.24, 2.45) is 0 Å². The molecule has 0 spiro atoms. The lowest BCUT2D eigenvalue weighted by atomic mass is 10.1. The number of esters is 1. The van der Waals surface area contributed by atoms with E-state index in [-0.39, 0.29) is 5.97 Å². The molecule has 0 bridgehead atoms. The van der Waals surface area contributed by atoms with Gasteiger partial charge in [-0.05, 0) is 30.7 Å². The van der Waals surface area contributed by atoms with Gasteiger partial charge < -0.3 is 4.74 Å². The van der Waals surface area contributed by atoms with Gasteiger partial charge in [0, 0.05) is 12.2 Å². The fraction of sp³-hybridized carbons (Fsp3) is 0.765. The maximum atomic E-state index is 10.8. The second kappa shape index (κ2) is 16.4. The van der Waals surface area contributed by atoms with E-state index >= 15 is 0 Å². The molecule has 0 fully saturated rings.